The SMILES string of the molecule is COCCNc1ccc(CC2CCCNC2)cn1.Cl. The summed E-state index contributed by atoms with van der Waals surface area (Å²) in [4.78, 5) is 4.43. The molecule has 0 bridgehead atoms. The molecule has 1 aliphatic heterocycles. The van der Waals surface area contributed by atoms with Gasteiger partial charge in [0.25, 0.3) is 0 Å². The van der Waals surface area contributed by atoms with E-state index in [0.717, 1.165) is 31.2 Å². The van der Waals surface area contributed by atoms with Gasteiger partial charge in [-0.2, -0.15) is 0 Å². The van der Waals surface area contributed by atoms with Gasteiger partial charge in [0.15, 0.2) is 0 Å². The lowest BCUT2D eigenvalue weighted by Crippen LogP contribution is -2.30. The number of aromatic nitrogens is 1. The second-order valence-corrected chi connectivity index (χ2v) is 4.89. The molecule has 19 heavy (non-hydrogen) atoms. The fraction of sp³-hybridized carbons (Fsp3) is 0.643. The molecule has 0 aromatic carbocycles. The molecule has 2 heterocycles. The second kappa shape index (κ2) is 9.13. The van der Waals surface area contributed by atoms with Crippen molar-refractivity contribution in [2.24, 2.45) is 5.92 Å². The minimum absolute atomic E-state index is 0. The highest BCUT2D eigenvalue weighted by Crippen LogP contribution is 2.16. The van der Waals surface area contributed by atoms with Crippen molar-refractivity contribution in [1.82, 2.24) is 10.3 Å². The number of nitrogens with one attached hydrogen (secondary N) is 2. The quantitative estimate of drug-likeness (QED) is 0.786. The minimum Gasteiger partial charge on any atom is -0.383 e. The summed E-state index contributed by atoms with van der Waals surface area (Å²) >= 11 is 0. The van der Waals surface area contributed by atoms with Crippen molar-refractivity contribution < 1.29 is 4.74 Å². The average Bonchev–Trinajstić information content (AvgIpc) is 2.42. The molecule has 0 spiro atoms. The highest BCUT2D eigenvalue weighted by molar-refractivity contribution is 5.85. The van der Waals surface area contributed by atoms with E-state index < -0.39 is 0 Å². The summed E-state index contributed by atoms with van der Waals surface area (Å²) in [5, 5.41) is 6.68. The summed E-state index contributed by atoms with van der Waals surface area (Å²) in [6.07, 6.45) is 5.76. The van der Waals surface area contributed by atoms with Crippen LogP contribution in [0.15, 0.2) is 18.3 Å². The number of hydrogen-bond acceptors (Lipinski definition) is 4. The molecule has 1 unspecified atom stereocenters. The minimum atomic E-state index is 0. The van der Waals surface area contributed by atoms with Crippen molar-refractivity contribution in [1.29, 1.82) is 0 Å². The van der Waals surface area contributed by atoms with Gasteiger partial charge < -0.3 is 15.4 Å². The smallest absolute Gasteiger partial charge is 0.125 e. The van der Waals surface area contributed by atoms with Crippen LogP contribution in [0.25, 0.3) is 0 Å². The Hall–Kier alpha value is -0.840. The molecule has 1 fully saturated rings. The van der Waals surface area contributed by atoms with Crippen LogP contribution in [0.5, 0.6) is 0 Å². The highest BCUT2D eigenvalue weighted by Gasteiger charge is 2.13. The molecule has 0 saturated carbocycles. The number of methoxy groups -OCH3 is 1. The number of rotatable bonds is 6. The standard InChI is InChI=1S/C14H23N3O.ClH/c1-18-8-7-16-14-5-4-13(11-17-14)9-12-3-2-6-15-10-12;/h4-5,11-12,15H,2-3,6-10H2,1H3,(H,16,17);1H. The molecule has 1 aromatic heterocycles. The van der Waals surface area contributed by atoms with Gasteiger partial charge >= 0.3 is 0 Å². The molecule has 5 heteroatoms. The van der Waals surface area contributed by atoms with E-state index in [0.29, 0.717) is 6.61 Å². The third-order valence-corrected chi connectivity index (χ3v) is 3.36. The van der Waals surface area contributed by atoms with Crippen LogP contribution in [-0.2, 0) is 11.2 Å². The number of ether oxygens (including phenoxy) is 1. The first kappa shape index (κ1) is 16.2. The van der Waals surface area contributed by atoms with Crippen molar-refractivity contribution in [3.63, 3.8) is 0 Å². The van der Waals surface area contributed by atoms with Crippen LogP contribution in [0.4, 0.5) is 5.82 Å². The van der Waals surface area contributed by atoms with Crippen LogP contribution in [0, 0.1) is 5.92 Å². The van der Waals surface area contributed by atoms with Gasteiger partial charge in [-0.1, -0.05) is 6.07 Å². The summed E-state index contributed by atoms with van der Waals surface area (Å²) in [5.74, 6) is 1.70. The maximum absolute atomic E-state index is 4.99. The van der Waals surface area contributed by atoms with Crippen molar-refractivity contribution in [3.8, 4) is 0 Å². The predicted octanol–water partition coefficient (Wildman–Crippen LogP) is 2.10. The zero-order chi connectivity index (χ0) is 12.6. The Balaban J connectivity index is 0.00000180. The number of pyridine rings is 1. The summed E-state index contributed by atoms with van der Waals surface area (Å²) < 4.78 is 4.99. The van der Waals surface area contributed by atoms with E-state index in [4.69, 9.17) is 4.74 Å². The Morgan fingerprint density at radius 2 is 2.37 bits per heavy atom. The van der Waals surface area contributed by atoms with Crippen molar-refractivity contribution in [2.45, 2.75) is 19.3 Å². The zero-order valence-corrected chi connectivity index (χ0v) is 12.3. The van der Waals surface area contributed by atoms with Gasteiger partial charge in [-0.05, 0) is 49.9 Å². The predicted molar refractivity (Wildman–Crippen MR) is 81.1 cm³/mol. The van der Waals surface area contributed by atoms with Crippen molar-refractivity contribution >= 4 is 18.2 Å². The molecule has 108 valence electrons. The van der Waals surface area contributed by atoms with E-state index in [1.807, 2.05) is 6.20 Å². The lowest BCUT2D eigenvalue weighted by molar-refractivity contribution is 0.210. The molecule has 0 radical (unpaired) electrons. The van der Waals surface area contributed by atoms with Gasteiger partial charge in [-0.15, -0.1) is 12.4 Å². The normalized spacial score (nSPS) is 18.7. The summed E-state index contributed by atoms with van der Waals surface area (Å²) in [6.45, 7) is 3.83. The van der Waals surface area contributed by atoms with Gasteiger partial charge in [0.05, 0.1) is 6.61 Å². The average molecular weight is 286 g/mol. The fourth-order valence-electron chi connectivity index (χ4n) is 2.36. The van der Waals surface area contributed by atoms with Gasteiger partial charge in [0, 0.05) is 19.9 Å². The number of anilines is 1. The van der Waals surface area contributed by atoms with Crippen molar-refractivity contribution in [2.75, 3.05) is 38.7 Å². The topological polar surface area (TPSA) is 46.2 Å². The zero-order valence-electron chi connectivity index (χ0n) is 11.5. The largest absolute Gasteiger partial charge is 0.383 e. The first-order valence-electron chi connectivity index (χ1n) is 6.77. The summed E-state index contributed by atoms with van der Waals surface area (Å²) in [5.41, 5.74) is 1.33. The second-order valence-electron chi connectivity index (χ2n) is 4.89. The summed E-state index contributed by atoms with van der Waals surface area (Å²) in [6, 6.07) is 4.23. The first-order valence-corrected chi connectivity index (χ1v) is 6.77. The maximum atomic E-state index is 4.99. The van der Waals surface area contributed by atoms with Crippen LogP contribution < -0.4 is 10.6 Å². The fourth-order valence-corrected chi connectivity index (χ4v) is 2.36. The van der Waals surface area contributed by atoms with Crippen LogP contribution in [0.1, 0.15) is 18.4 Å². The highest BCUT2D eigenvalue weighted by atomic mass is 35.5. The van der Waals surface area contributed by atoms with E-state index in [1.165, 1.54) is 24.9 Å². The molecule has 1 aliphatic rings. The molecule has 1 aromatic rings. The third kappa shape index (κ3) is 5.76. The Morgan fingerprint density at radius 1 is 1.47 bits per heavy atom. The Morgan fingerprint density at radius 3 is 3.00 bits per heavy atom. The monoisotopic (exact) mass is 285 g/mol. The van der Waals surface area contributed by atoms with Gasteiger partial charge in [0.1, 0.15) is 5.82 Å². The Labute approximate surface area is 121 Å². The Bertz CT molecular complexity index is 339. The lowest BCUT2D eigenvalue weighted by Gasteiger charge is -2.22. The molecule has 1 saturated heterocycles. The van der Waals surface area contributed by atoms with E-state index in [-0.39, 0.29) is 12.4 Å². The number of piperidine rings is 1. The number of halogens is 1. The summed E-state index contributed by atoms with van der Waals surface area (Å²) in [7, 11) is 1.70. The third-order valence-electron chi connectivity index (χ3n) is 3.36. The molecule has 2 N–H and O–H groups in total. The molecule has 1 atom stereocenters. The van der Waals surface area contributed by atoms with Gasteiger partial charge in [-0.25, -0.2) is 4.98 Å². The van der Waals surface area contributed by atoms with E-state index >= 15 is 0 Å². The molecule has 0 amide bonds. The van der Waals surface area contributed by atoms with Crippen LogP contribution in [0.3, 0.4) is 0 Å². The van der Waals surface area contributed by atoms with Crippen LogP contribution in [0.2, 0.25) is 0 Å². The molecule has 0 aliphatic carbocycles. The Kier molecular flexibility index (Phi) is 7.79. The van der Waals surface area contributed by atoms with E-state index in [2.05, 4.69) is 27.8 Å². The molecule has 4 nitrogen and oxygen atoms in total. The number of hydrogen-bond donors (Lipinski definition) is 2. The van der Waals surface area contributed by atoms with Gasteiger partial charge in [-0.3, -0.25) is 0 Å². The van der Waals surface area contributed by atoms with Crippen molar-refractivity contribution in [3.05, 3.63) is 23.9 Å². The van der Waals surface area contributed by atoms with E-state index in [9.17, 15) is 0 Å². The van der Waals surface area contributed by atoms with Crippen LogP contribution >= 0.6 is 12.4 Å². The number of nitrogens with zero attached hydrogens (tertiary/aromatic N) is 1. The lowest BCUT2D eigenvalue weighted by atomic mass is 9.93. The van der Waals surface area contributed by atoms with Gasteiger partial charge in [0.2, 0.25) is 0 Å². The first-order chi connectivity index (χ1) is 8.88. The molecular formula is C14H24ClN3O. The van der Waals surface area contributed by atoms with E-state index in [1.54, 1.807) is 7.11 Å². The molecule has 2 rings (SSSR count). The maximum Gasteiger partial charge on any atom is 0.125 e. The molecular weight excluding hydrogens is 262 g/mol. The van der Waals surface area contributed by atoms with Crippen LogP contribution in [-0.4, -0.2) is 38.3 Å².